The summed E-state index contributed by atoms with van der Waals surface area (Å²) in [4.78, 5) is 10.2. The summed E-state index contributed by atoms with van der Waals surface area (Å²) in [7, 11) is 0. The minimum absolute atomic E-state index is 0.668. The second-order valence-corrected chi connectivity index (χ2v) is 1.59. The van der Waals surface area contributed by atoms with E-state index in [9.17, 15) is 9.18 Å². The quantitative estimate of drug-likeness (QED) is 0.362. The summed E-state index contributed by atoms with van der Waals surface area (Å²) in [6.07, 6.45) is -0.696. The number of hydrogen-bond donors (Lipinski definition) is 3. The van der Waals surface area contributed by atoms with Crippen LogP contribution in [0.4, 0.5) is 4.39 Å². The lowest BCUT2D eigenvalue weighted by atomic mass is 10.5. The first-order valence-corrected chi connectivity index (χ1v) is 2.28. The maximum atomic E-state index is 12.2. The highest BCUT2D eigenvalue weighted by Crippen LogP contribution is 1.99. The molecular formula is C4H5FN2O2. The van der Waals surface area contributed by atoms with Crippen LogP contribution in [0.15, 0.2) is 12.3 Å². The van der Waals surface area contributed by atoms with E-state index < -0.39 is 12.0 Å². The van der Waals surface area contributed by atoms with Gasteiger partial charge in [0.25, 0.3) is 5.91 Å². The van der Waals surface area contributed by atoms with Crippen LogP contribution in [-0.4, -0.2) is 17.1 Å². The van der Waals surface area contributed by atoms with E-state index in [4.69, 9.17) is 5.11 Å². The lowest BCUT2D eigenvalue weighted by Gasteiger charge is -2.21. The van der Waals surface area contributed by atoms with Crippen LogP contribution in [0.2, 0.25) is 0 Å². The number of nitrogens with one attached hydrogen (secondary N) is 2. The molecule has 1 amide bonds. The topological polar surface area (TPSA) is 61.4 Å². The lowest BCUT2D eigenvalue weighted by molar-refractivity contribution is -0.156. The van der Waals surface area contributed by atoms with Crippen LogP contribution >= 0.6 is 0 Å². The second kappa shape index (κ2) is 1.70. The van der Waals surface area contributed by atoms with Gasteiger partial charge in [-0.1, -0.05) is 0 Å². The third-order valence-electron chi connectivity index (χ3n) is 0.798. The molecule has 0 radical (unpaired) electrons. The molecule has 0 spiro atoms. The number of rotatable bonds is 0. The Morgan fingerprint density at radius 3 is 2.78 bits per heavy atom. The van der Waals surface area contributed by atoms with Crippen molar-refractivity contribution < 1.29 is 14.3 Å². The third kappa shape index (κ3) is 1.39. The zero-order valence-corrected chi connectivity index (χ0v) is 4.39. The summed E-state index contributed by atoms with van der Waals surface area (Å²) in [6, 6.07) is 0. The van der Waals surface area contributed by atoms with E-state index in [0.717, 1.165) is 12.3 Å². The Kier molecular flexibility index (Phi) is 1.14. The number of halogens is 1. The molecule has 4 nitrogen and oxygen atoms in total. The van der Waals surface area contributed by atoms with Crippen LogP contribution in [0, 0.1) is 0 Å². The molecule has 5 heteroatoms. The standard InChI is InChI=1S/C4H5FN2O2/c5-4(9)6-2-1-3(8)7-4/h1-2,6,9H,(H,7,8). The number of alkyl halides is 1. The van der Waals surface area contributed by atoms with Crippen molar-refractivity contribution in [1.29, 1.82) is 0 Å². The van der Waals surface area contributed by atoms with Gasteiger partial charge in [-0.2, -0.15) is 4.39 Å². The van der Waals surface area contributed by atoms with Crippen molar-refractivity contribution in [3.05, 3.63) is 12.3 Å². The van der Waals surface area contributed by atoms with Gasteiger partial charge in [0, 0.05) is 12.3 Å². The Bertz CT molecular complexity index is 166. The molecule has 50 valence electrons. The predicted molar refractivity (Wildman–Crippen MR) is 26.5 cm³/mol. The van der Waals surface area contributed by atoms with Gasteiger partial charge < -0.3 is 10.4 Å². The highest BCUT2D eigenvalue weighted by molar-refractivity contribution is 5.88. The van der Waals surface area contributed by atoms with E-state index in [1.807, 2.05) is 5.32 Å². The highest BCUT2D eigenvalue weighted by Gasteiger charge is 2.28. The minimum atomic E-state index is -2.79. The molecular weight excluding hydrogens is 127 g/mol. The van der Waals surface area contributed by atoms with Crippen molar-refractivity contribution in [2.75, 3.05) is 0 Å². The molecule has 0 bridgehead atoms. The molecule has 1 aliphatic rings. The normalized spacial score (nSPS) is 33.3. The molecule has 1 aliphatic heterocycles. The van der Waals surface area contributed by atoms with Crippen molar-refractivity contribution in [3.63, 3.8) is 0 Å². The maximum Gasteiger partial charge on any atom is 0.373 e. The first-order valence-electron chi connectivity index (χ1n) is 2.28. The molecule has 0 saturated heterocycles. The third-order valence-corrected chi connectivity index (χ3v) is 0.798. The van der Waals surface area contributed by atoms with Gasteiger partial charge in [-0.15, -0.1) is 0 Å². The van der Waals surface area contributed by atoms with Gasteiger partial charge in [-0.25, -0.2) is 0 Å². The molecule has 1 rings (SSSR count). The van der Waals surface area contributed by atoms with E-state index in [0.29, 0.717) is 0 Å². The number of aliphatic hydroxyl groups is 1. The molecule has 0 saturated carbocycles. The van der Waals surface area contributed by atoms with Gasteiger partial charge in [0.05, 0.1) is 0 Å². The Hall–Kier alpha value is -1.10. The molecule has 3 N–H and O–H groups in total. The lowest BCUT2D eigenvalue weighted by Crippen LogP contribution is -2.55. The summed E-state index contributed by atoms with van der Waals surface area (Å²) in [6.45, 7) is 0. The first-order chi connectivity index (χ1) is 4.10. The predicted octanol–water partition coefficient (Wildman–Crippen LogP) is -1.21. The van der Waals surface area contributed by atoms with Gasteiger partial charge in [0.15, 0.2) is 0 Å². The molecule has 0 aromatic heterocycles. The second-order valence-electron chi connectivity index (χ2n) is 1.59. The largest absolute Gasteiger partial charge is 0.373 e. The maximum absolute atomic E-state index is 12.2. The number of hydrogen-bond acceptors (Lipinski definition) is 3. The molecule has 9 heavy (non-hydrogen) atoms. The van der Waals surface area contributed by atoms with Gasteiger partial charge in [0.1, 0.15) is 0 Å². The summed E-state index contributed by atoms with van der Waals surface area (Å²) in [5, 5.41) is 11.9. The van der Waals surface area contributed by atoms with Crippen LogP contribution in [0.5, 0.6) is 0 Å². The fraction of sp³-hybridized carbons (Fsp3) is 0.250. The van der Waals surface area contributed by atoms with Gasteiger partial charge in [0.2, 0.25) is 0 Å². The zero-order chi connectivity index (χ0) is 6.91. The summed E-state index contributed by atoms with van der Waals surface area (Å²) >= 11 is 0. The number of carbonyl (C=O) groups excluding carboxylic acids is 1. The van der Waals surface area contributed by atoms with Gasteiger partial charge in [-0.3, -0.25) is 10.1 Å². The molecule has 0 aliphatic carbocycles. The van der Waals surface area contributed by atoms with Crippen molar-refractivity contribution in [2.45, 2.75) is 6.10 Å². The number of amides is 1. The van der Waals surface area contributed by atoms with Crippen LogP contribution in [0.25, 0.3) is 0 Å². The summed E-state index contributed by atoms with van der Waals surface area (Å²) < 4.78 is 12.2. The molecule has 1 atom stereocenters. The average molecular weight is 132 g/mol. The monoisotopic (exact) mass is 132 g/mol. The Morgan fingerprint density at radius 1 is 1.78 bits per heavy atom. The van der Waals surface area contributed by atoms with E-state index in [1.165, 1.54) is 0 Å². The molecule has 0 fully saturated rings. The fourth-order valence-corrected chi connectivity index (χ4v) is 0.469. The van der Waals surface area contributed by atoms with E-state index in [1.54, 1.807) is 5.32 Å². The van der Waals surface area contributed by atoms with Crippen LogP contribution in [0.3, 0.4) is 0 Å². The molecule has 0 aromatic carbocycles. The minimum Gasteiger partial charge on any atom is -0.327 e. The van der Waals surface area contributed by atoms with E-state index in [-0.39, 0.29) is 0 Å². The summed E-state index contributed by atoms with van der Waals surface area (Å²) in [5.41, 5.74) is 0. The van der Waals surface area contributed by atoms with Gasteiger partial charge in [-0.05, 0) is 0 Å². The summed E-state index contributed by atoms with van der Waals surface area (Å²) in [5.74, 6) is -0.668. The van der Waals surface area contributed by atoms with Crippen LogP contribution in [-0.2, 0) is 4.79 Å². The van der Waals surface area contributed by atoms with Crippen molar-refractivity contribution in [2.24, 2.45) is 0 Å². The Balaban J connectivity index is 2.68. The van der Waals surface area contributed by atoms with Crippen molar-refractivity contribution in [3.8, 4) is 0 Å². The molecule has 1 unspecified atom stereocenters. The van der Waals surface area contributed by atoms with E-state index in [2.05, 4.69) is 0 Å². The smallest absolute Gasteiger partial charge is 0.327 e. The average Bonchev–Trinajstić information content (AvgIpc) is 1.60. The van der Waals surface area contributed by atoms with Crippen molar-refractivity contribution in [1.82, 2.24) is 10.6 Å². The van der Waals surface area contributed by atoms with Crippen LogP contribution in [0.1, 0.15) is 0 Å². The Morgan fingerprint density at radius 2 is 2.44 bits per heavy atom. The Labute approximate surface area is 50.4 Å². The van der Waals surface area contributed by atoms with Crippen LogP contribution < -0.4 is 10.6 Å². The molecule has 1 heterocycles. The fourth-order valence-electron chi connectivity index (χ4n) is 0.469. The van der Waals surface area contributed by atoms with E-state index >= 15 is 0 Å². The van der Waals surface area contributed by atoms with Crippen molar-refractivity contribution >= 4 is 5.91 Å². The first kappa shape index (κ1) is 6.03. The zero-order valence-electron chi connectivity index (χ0n) is 4.39. The van der Waals surface area contributed by atoms with Gasteiger partial charge >= 0.3 is 6.10 Å². The molecule has 0 aromatic rings. The highest BCUT2D eigenvalue weighted by atomic mass is 19.2. The number of carbonyl (C=O) groups is 1. The SMILES string of the molecule is O=C1C=CNC(O)(F)N1.